The third-order valence-corrected chi connectivity index (χ3v) is 7.80. The topological polar surface area (TPSA) is 110 Å². The van der Waals surface area contributed by atoms with Crippen LogP contribution in [-0.2, 0) is 29.4 Å². The van der Waals surface area contributed by atoms with E-state index in [0.29, 0.717) is 25.3 Å². The van der Waals surface area contributed by atoms with Gasteiger partial charge in [0.05, 0.1) is 25.0 Å². The number of rotatable bonds is 8. The van der Waals surface area contributed by atoms with E-state index in [-0.39, 0.29) is 12.7 Å². The fourth-order valence-electron chi connectivity index (χ4n) is 4.82. The highest BCUT2D eigenvalue weighted by Gasteiger charge is 2.37. The summed E-state index contributed by atoms with van der Waals surface area (Å²) < 4.78 is 55.9. The number of hydrogen-bond donors (Lipinski definition) is 1. The quantitative estimate of drug-likeness (QED) is 0.599. The number of ether oxygens (including phenoxy) is 1. The van der Waals surface area contributed by atoms with E-state index in [2.05, 4.69) is 29.0 Å². The van der Waals surface area contributed by atoms with Crippen molar-refractivity contribution in [2.75, 3.05) is 31.4 Å². The first kappa shape index (κ1) is 25.1. The molecule has 180 valence electrons. The fourth-order valence-corrected chi connectivity index (χ4v) is 6.25. The summed E-state index contributed by atoms with van der Waals surface area (Å²) in [5.41, 5.74) is 1.34. The Balaban J connectivity index is 1.64. The molecule has 3 rings (SSSR count). The summed E-state index contributed by atoms with van der Waals surface area (Å²) in [7, 11) is -6.97. The number of benzene rings is 1. The highest BCUT2D eigenvalue weighted by molar-refractivity contribution is 7.91. The van der Waals surface area contributed by atoms with Gasteiger partial charge in [-0.3, -0.25) is 4.79 Å². The number of hydrogen-bond acceptors (Lipinski definition) is 6. The minimum atomic E-state index is -3.49. The Morgan fingerprint density at radius 3 is 2.28 bits per heavy atom. The molecule has 0 aromatic heterocycles. The van der Waals surface area contributed by atoms with Crippen LogP contribution in [0, 0.1) is 0 Å². The van der Waals surface area contributed by atoms with E-state index >= 15 is 0 Å². The Morgan fingerprint density at radius 2 is 1.69 bits per heavy atom. The van der Waals surface area contributed by atoms with Crippen molar-refractivity contribution in [2.24, 2.45) is 0 Å². The van der Waals surface area contributed by atoms with E-state index in [0.717, 1.165) is 38.2 Å². The van der Waals surface area contributed by atoms with Gasteiger partial charge < -0.3 is 9.64 Å². The Morgan fingerprint density at radius 1 is 1.03 bits per heavy atom. The first-order chi connectivity index (χ1) is 15.0. The second kappa shape index (κ2) is 10.6. The summed E-state index contributed by atoms with van der Waals surface area (Å²) >= 11 is 0. The van der Waals surface area contributed by atoms with Crippen molar-refractivity contribution in [3.63, 3.8) is 0 Å². The summed E-state index contributed by atoms with van der Waals surface area (Å²) in [4.78, 5) is 14.2. The molecule has 1 saturated heterocycles. The molecule has 1 saturated carbocycles. The van der Waals surface area contributed by atoms with Gasteiger partial charge in [-0.05, 0) is 50.0 Å². The van der Waals surface area contributed by atoms with Gasteiger partial charge >= 0.3 is 0 Å². The lowest BCUT2D eigenvalue weighted by Crippen LogP contribution is -2.59. The molecule has 10 heteroatoms. The highest BCUT2D eigenvalue weighted by atomic mass is 32.2. The molecule has 2 aliphatic rings. The highest BCUT2D eigenvalue weighted by Crippen LogP contribution is 2.34. The molecule has 0 radical (unpaired) electrons. The van der Waals surface area contributed by atoms with Crippen LogP contribution in [0.25, 0.3) is 0 Å². The summed E-state index contributed by atoms with van der Waals surface area (Å²) in [6, 6.07) is 9.40. The van der Waals surface area contributed by atoms with Crippen molar-refractivity contribution in [2.45, 2.75) is 62.6 Å². The van der Waals surface area contributed by atoms with Gasteiger partial charge in [0.25, 0.3) is 0 Å². The normalized spacial score (nSPS) is 27.2. The molecule has 2 fully saturated rings. The van der Waals surface area contributed by atoms with Crippen LogP contribution in [0.4, 0.5) is 0 Å². The van der Waals surface area contributed by atoms with Crippen LogP contribution in [0.1, 0.15) is 50.0 Å². The van der Waals surface area contributed by atoms with Crippen molar-refractivity contribution in [1.29, 1.82) is 0 Å². The maximum Gasteiger partial charge on any atom is 0.238 e. The minimum Gasteiger partial charge on any atom is -0.376 e. The molecule has 1 aromatic rings. The van der Waals surface area contributed by atoms with Crippen molar-refractivity contribution in [3.05, 3.63) is 35.9 Å². The van der Waals surface area contributed by atoms with Crippen molar-refractivity contribution in [3.8, 4) is 0 Å². The summed E-state index contributed by atoms with van der Waals surface area (Å²) in [5.74, 6) is -0.579. The maximum atomic E-state index is 12.7. The number of likely N-dealkylation sites (tertiary alicyclic amines) is 1. The molecule has 8 nitrogen and oxygen atoms in total. The zero-order valence-electron chi connectivity index (χ0n) is 18.8. The zero-order chi connectivity index (χ0) is 23.4. The predicted molar refractivity (Wildman–Crippen MR) is 124 cm³/mol. The number of nitrogens with one attached hydrogen (secondary N) is 1. The summed E-state index contributed by atoms with van der Waals surface area (Å²) in [6.45, 7) is 0.578. The molecule has 0 unspecified atom stereocenters. The number of sulfone groups is 1. The van der Waals surface area contributed by atoms with Gasteiger partial charge in [-0.25, -0.2) is 21.6 Å². The van der Waals surface area contributed by atoms with Crippen LogP contribution in [0.2, 0.25) is 0 Å². The first-order valence-electron chi connectivity index (χ1n) is 11.1. The van der Waals surface area contributed by atoms with E-state index in [1.165, 1.54) is 10.5 Å². The Labute approximate surface area is 191 Å². The maximum absolute atomic E-state index is 12.7. The van der Waals surface area contributed by atoms with Crippen LogP contribution in [-0.4, -0.2) is 77.2 Å². The SMILES string of the molecule is CS(=O)(=O)CC(=O)N1CCC[C@H](NS(C)(=O)=O)[C@@H]1COC1CCC(c2ccccc2)CC1. The molecular weight excluding hydrogens is 452 g/mol. The number of carbonyl (C=O) groups excluding carboxylic acids is 1. The molecule has 1 amide bonds. The van der Waals surface area contributed by atoms with Crippen LogP contribution < -0.4 is 4.72 Å². The lowest BCUT2D eigenvalue weighted by atomic mass is 9.83. The first-order valence-corrected chi connectivity index (χ1v) is 15.1. The largest absolute Gasteiger partial charge is 0.376 e. The minimum absolute atomic E-state index is 0.0441. The Hall–Kier alpha value is -1.49. The van der Waals surface area contributed by atoms with Crippen molar-refractivity contribution in [1.82, 2.24) is 9.62 Å². The standard InChI is InChI=1S/C22H34N2O6S2/c1-31(26,27)16-22(25)24-14-6-9-20(23-32(2,28)29)21(24)15-30-19-12-10-18(11-13-19)17-7-4-3-5-8-17/h3-5,7-8,18-21,23H,6,9-16H2,1-2H3/t18?,19?,20-,21-/m0/s1. The lowest BCUT2D eigenvalue weighted by molar-refractivity contribution is -0.135. The van der Waals surface area contributed by atoms with Gasteiger partial charge in [-0.1, -0.05) is 30.3 Å². The van der Waals surface area contributed by atoms with Crippen molar-refractivity contribution >= 4 is 25.8 Å². The molecule has 1 aliphatic carbocycles. The van der Waals surface area contributed by atoms with E-state index < -0.39 is 43.6 Å². The van der Waals surface area contributed by atoms with Gasteiger partial charge in [0, 0.05) is 18.8 Å². The number of nitrogens with zero attached hydrogens (tertiary/aromatic N) is 1. The predicted octanol–water partition coefficient (Wildman–Crippen LogP) is 1.68. The number of sulfonamides is 1. The smallest absolute Gasteiger partial charge is 0.238 e. The average molecular weight is 487 g/mol. The molecule has 2 atom stereocenters. The van der Waals surface area contributed by atoms with Crippen LogP contribution in [0.3, 0.4) is 0 Å². The Bertz CT molecular complexity index is 973. The van der Waals surface area contributed by atoms with Gasteiger partial charge in [0.2, 0.25) is 15.9 Å². The van der Waals surface area contributed by atoms with E-state index in [4.69, 9.17) is 4.74 Å². The average Bonchev–Trinajstić information content (AvgIpc) is 2.71. The van der Waals surface area contributed by atoms with E-state index in [1.54, 1.807) is 0 Å². The second-order valence-corrected chi connectivity index (χ2v) is 13.0. The molecule has 1 aliphatic heterocycles. The summed E-state index contributed by atoms with van der Waals surface area (Å²) in [6.07, 6.45) is 7.16. The van der Waals surface area contributed by atoms with Gasteiger partial charge in [-0.15, -0.1) is 0 Å². The van der Waals surface area contributed by atoms with Gasteiger partial charge in [-0.2, -0.15) is 0 Å². The monoisotopic (exact) mass is 486 g/mol. The molecular formula is C22H34N2O6S2. The fraction of sp³-hybridized carbons (Fsp3) is 0.682. The third kappa shape index (κ3) is 7.54. The van der Waals surface area contributed by atoms with Gasteiger partial charge in [0.15, 0.2) is 9.84 Å². The Kier molecular flexibility index (Phi) is 8.35. The molecule has 1 aromatic carbocycles. The van der Waals surface area contributed by atoms with Crippen molar-refractivity contribution < 1.29 is 26.4 Å². The molecule has 32 heavy (non-hydrogen) atoms. The van der Waals surface area contributed by atoms with E-state index in [9.17, 15) is 21.6 Å². The zero-order valence-corrected chi connectivity index (χ0v) is 20.4. The molecule has 1 heterocycles. The number of amides is 1. The number of piperidine rings is 1. The lowest BCUT2D eigenvalue weighted by Gasteiger charge is -2.42. The van der Waals surface area contributed by atoms with Crippen LogP contribution >= 0.6 is 0 Å². The van der Waals surface area contributed by atoms with Gasteiger partial charge in [0.1, 0.15) is 5.75 Å². The molecule has 1 N–H and O–H groups in total. The third-order valence-electron chi connectivity index (χ3n) is 6.30. The van der Waals surface area contributed by atoms with Crippen LogP contribution in [0.15, 0.2) is 30.3 Å². The number of carbonyl (C=O) groups is 1. The summed E-state index contributed by atoms with van der Waals surface area (Å²) in [5, 5.41) is 0. The van der Waals surface area contributed by atoms with Crippen LogP contribution in [0.5, 0.6) is 0 Å². The van der Waals surface area contributed by atoms with E-state index in [1.807, 2.05) is 6.07 Å². The molecule has 0 spiro atoms. The molecule has 0 bridgehead atoms. The second-order valence-electron chi connectivity index (χ2n) is 9.08.